The van der Waals surface area contributed by atoms with E-state index in [0.29, 0.717) is 17.1 Å². The number of aliphatic hydroxyl groups excluding tert-OH is 1. The van der Waals surface area contributed by atoms with Crippen molar-refractivity contribution in [2.75, 3.05) is 14.1 Å². The highest BCUT2D eigenvalue weighted by Crippen LogP contribution is 2.39. The highest BCUT2D eigenvalue weighted by molar-refractivity contribution is 5.77. The van der Waals surface area contributed by atoms with Crippen LogP contribution in [0.5, 0.6) is 0 Å². The van der Waals surface area contributed by atoms with Crippen molar-refractivity contribution in [3.8, 4) is 0 Å². The van der Waals surface area contributed by atoms with Gasteiger partial charge in [0.2, 0.25) is 0 Å². The average molecular weight is 288 g/mol. The molecule has 0 saturated carbocycles. The van der Waals surface area contributed by atoms with E-state index < -0.39 is 12.1 Å². The lowest BCUT2D eigenvalue weighted by molar-refractivity contribution is 0.124. The largest absolute Gasteiger partial charge is 0.467 e. The number of amides is 2. The molecule has 0 saturated heterocycles. The van der Waals surface area contributed by atoms with Crippen LogP contribution in [-0.2, 0) is 0 Å². The van der Waals surface area contributed by atoms with Gasteiger partial charge in [0, 0.05) is 25.9 Å². The van der Waals surface area contributed by atoms with Crippen LogP contribution in [0.25, 0.3) is 0 Å². The number of hydrogen-bond donors (Lipinski definition) is 1. The number of carbonyl (C=O) groups excluding carboxylic acids is 1. The molecule has 1 aliphatic rings. The van der Waals surface area contributed by atoms with Crippen molar-refractivity contribution < 1.29 is 18.7 Å². The molecule has 1 aliphatic heterocycles. The van der Waals surface area contributed by atoms with Gasteiger partial charge in [-0.05, 0) is 24.3 Å². The Bertz CT molecular complexity index is 645. The maximum absolute atomic E-state index is 12.1. The highest BCUT2D eigenvalue weighted by atomic mass is 16.4. The van der Waals surface area contributed by atoms with E-state index in [1.165, 1.54) is 16.1 Å². The van der Waals surface area contributed by atoms with Crippen molar-refractivity contribution in [1.82, 2.24) is 9.80 Å². The van der Waals surface area contributed by atoms with Gasteiger partial charge >= 0.3 is 6.03 Å². The van der Waals surface area contributed by atoms with E-state index in [9.17, 15) is 9.90 Å². The second-order valence-electron chi connectivity index (χ2n) is 4.97. The molecule has 2 unspecified atom stereocenters. The summed E-state index contributed by atoms with van der Waals surface area (Å²) in [4.78, 5) is 15.1. The standard InChI is InChI=1S/C15H16N2O4/c1-16-9-10(14(18)12-6-4-8-21-12)13(17(2)15(16)19)11-5-3-7-20-11/h3-9,13-14,18H,1-2H3. The SMILES string of the molecule is CN1C=C(C(O)c2ccco2)C(c2ccco2)N(C)C1=O. The van der Waals surface area contributed by atoms with Gasteiger partial charge in [0.25, 0.3) is 0 Å². The monoisotopic (exact) mass is 288 g/mol. The van der Waals surface area contributed by atoms with Crippen LogP contribution in [-0.4, -0.2) is 35.0 Å². The minimum Gasteiger partial charge on any atom is -0.467 e. The molecule has 3 rings (SSSR count). The van der Waals surface area contributed by atoms with Gasteiger partial charge in [-0.2, -0.15) is 0 Å². The average Bonchev–Trinajstić information content (AvgIpc) is 3.16. The minimum absolute atomic E-state index is 0.174. The van der Waals surface area contributed by atoms with Crippen LogP contribution < -0.4 is 0 Å². The third-order valence-electron chi connectivity index (χ3n) is 3.59. The second kappa shape index (κ2) is 5.14. The molecule has 2 aromatic rings. The van der Waals surface area contributed by atoms with Gasteiger partial charge in [0.05, 0.1) is 12.5 Å². The lowest BCUT2D eigenvalue weighted by Crippen LogP contribution is -2.44. The Morgan fingerprint density at radius 3 is 2.52 bits per heavy atom. The normalized spacial score (nSPS) is 20.6. The van der Waals surface area contributed by atoms with Gasteiger partial charge in [0.1, 0.15) is 23.7 Å². The number of nitrogens with zero attached hydrogens (tertiary/aromatic N) is 2. The molecule has 0 aliphatic carbocycles. The summed E-state index contributed by atoms with van der Waals surface area (Å²) in [7, 11) is 3.32. The van der Waals surface area contributed by atoms with Gasteiger partial charge in [0.15, 0.2) is 0 Å². The first-order chi connectivity index (χ1) is 10.1. The third-order valence-corrected chi connectivity index (χ3v) is 3.59. The predicted molar refractivity (Wildman–Crippen MR) is 74.1 cm³/mol. The Morgan fingerprint density at radius 2 is 1.90 bits per heavy atom. The summed E-state index contributed by atoms with van der Waals surface area (Å²) < 4.78 is 10.7. The highest BCUT2D eigenvalue weighted by Gasteiger charge is 2.37. The van der Waals surface area contributed by atoms with Crippen molar-refractivity contribution in [3.63, 3.8) is 0 Å². The fourth-order valence-electron chi connectivity index (χ4n) is 2.57. The van der Waals surface area contributed by atoms with Crippen molar-refractivity contribution in [2.45, 2.75) is 12.1 Å². The molecule has 2 atom stereocenters. The fraction of sp³-hybridized carbons (Fsp3) is 0.267. The minimum atomic E-state index is -0.951. The summed E-state index contributed by atoms with van der Waals surface area (Å²) in [6.07, 6.45) is 3.72. The van der Waals surface area contributed by atoms with Crippen molar-refractivity contribution in [1.29, 1.82) is 0 Å². The van der Waals surface area contributed by atoms with Gasteiger partial charge in [-0.15, -0.1) is 0 Å². The zero-order valence-electron chi connectivity index (χ0n) is 11.8. The van der Waals surface area contributed by atoms with Crippen LogP contribution in [0.3, 0.4) is 0 Å². The van der Waals surface area contributed by atoms with E-state index in [4.69, 9.17) is 8.83 Å². The molecule has 6 nitrogen and oxygen atoms in total. The Balaban J connectivity index is 2.05. The number of rotatable bonds is 3. The molecule has 1 N–H and O–H groups in total. The summed E-state index contributed by atoms with van der Waals surface area (Å²) >= 11 is 0. The van der Waals surface area contributed by atoms with Crippen LogP contribution >= 0.6 is 0 Å². The molecule has 0 radical (unpaired) electrons. The molecule has 3 heterocycles. The lowest BCUT2D eigenvalue weighted by Gasteiger charge is -2.37. The van der Waals surface area contributed by atoms with E-state index in [-0.39, 0.29) is 6.03 Å². The topological polar surface area (TPSA) is 70.1 Å². The Hall–Kier alpha value is -2.47. The first-order valence-corrected chi connectivity index (χ1v) is 6.55. The molecule has 0 spiro atoms. The second-order valence-corrected chi connectivity index (χ2v) is 4.97. The third kappa shape index (κ3) is 2.23. The number of aliphatic hydroxyl groups is 1. The number of likely N-dealkylation sites (N-methyl/N-ethyl adjacent to an activating group) is 1. The maximum Gasteiger partial charge on any atom is 0.324 e. The van der Waals surface area contributed by atoms with Crippen LogP contribution in [0.15, 0.2) is 57.4 Å². The van der Waals surface area contributed by atoms with Crippen molar-refractivity contribution in [2.24, 2.45) is 0 Å². The molecule has 110 valence electrons. The molecule has 2 amide bonds. The predicted octanol–water partition coefficient (Wildman–Crippen LogP) is 2.53. The molecule has 0 fully saturated rings. The first-order valence-electron chi connectivity index (χ1n) is 6.55. The summed E-state index contributed by atoms with van der Waals surface area (Å²) in [5, 5.41) is 10.6. The quantitative estimate of drug-likeness (QED) is 0.942. The number of hydrogen-bond acceptors (Lipinski definition) is 4. The summed E-state index contributed by atoms with van der Waals surface area (Å²) in [6, 6.07) is 6.30. The van der Waals surface area contributed by atoms with Gasteiger partial charge in [-0.1, -0.05) is 0 Å². The van der Waals surface area contributed by atoms with E-state index in [0.717, 1.165) is 0 Å². The van der Waals surface area contributed by atoms with E-state index in [1.807, 2.05) is 0 Å². The molecular formula is C15H16N2O4. The van der Waals surface area contributed by atoms with Gasteiger partial charge in [-0.25, -0.2) is 4.79 Å². The molecule has 0 bridgehead atoms. The molecule has 0 aromatic carbocycles. The first kappa shape index (κ1) is 13.5. The molecular weight excluding hydrogens is 272 g/mol. The van der Waals surface area contributed by atoms with E-state index >= 15 is 0 Å². The molecule has 6 heteroatoms. The van der Waals surface area contributed by atoms with Crippen LogP contribution in [0.2, 0.25) is 0 Å². The lowest BCUT2D eigenvalue weighted by atomic mass is 9.95. The van der Waals surface area contributed by atoms with Crippen molar-refractivity contribution in [3.05, 3.63) is 60.1 Å². The van der Waals surface area contributed by atoms with E-state index in [2.05, 4.69) is 0 Å². The van der Waals surface area contributed by atoms with Crippen molar-refractivity contribution >= 4 is 6.03 Å². The number of carbonyl (C=O) groups is 1. The summed E-state index contributed by atoms with van der Waals surface area (Å²) in [5.41, 5.74) is 0.615. The Labute approximate surface area is 121 Å². The Kier molecular flexibility index (Phi) is 3.31. The van der Waals surface area contributed by atoms with Crippen LogP contribution in [0.4, 0.5) is 4.79 Å². The zero-order chi connectivity index (χ0) is 15.0. The number of urea groups is 1. The zero-order valence-corrected chi connectivity index (χ0v) is 11.8. The van der Waals surface area contributed by atoms with E-state index in [1.54, 1.807) is 50.8 Å². The van der Waals surface area contributed by atoms with Gasteiger partial charge < -0.3 is 23.7 Å². The maximum atomic E-state index is 12.1. The number of furan rings is 2. The summed E-state index contributed by atoms with van der Waals surface area (Å²) in [6.45, 7) is 0. The molecule has 2 aromatic heterocycles. The van der Waals surface area contributed by atoms with Crippen LogP contribution in [0, 0.1) is 0 Å². The Morgan fingerprint density at radius 1 is 1.19 bits per heavy atom. The fourth-order valence-corrected chi connectivity index (χ4v) is 2.57. The van der Waals surface area contributed by atoms with Crippen LogP contribution in [0.1, 0.15) is 23.7 Å². The smallest absolute Gasteiger partial charge is 0.324 e. The molecule has 21 heavy (non-hydrogen) atoms. The van der Waals surface area contributed by atoms with Gasteiger partial charge in [-0.3, -0.25) is 0 Å². The summed E-state index contributed by atoms with van der Waals surface area (Å²) in [5.74, 6) is 1.02.